The minimum Gasteiger partial charge on any atom is -0.313 e. The summed E-state index contributed by atoms with van der Waals surface area (Å²) < 4.78 is 0.743. The number of nitrogens with zero attached hydrogens (tertiary/aromatic N) is 1. The number of halogens is 1. The van der Waals surface area contributed by atoms with Gasteiger partial charge in [0.1, 0.15) is 9.34 Å². The van der Waals surface area contributed by atoms with Gasteiger partial charge in [-0.15, -0.1) is 11.3 Å². The number of nitrogens with one attached hydrogen (secondary N) is 1. The van der Waals surface area contributed by atoms with E-state index >= 15 is 0 Å². The van der Waals surface area contributed by atoms with Crippen LogP contribution in [0.4, 0.5) is 0 Å². The summed E-state index contributed by atoms with van der Waals surface area (Å²) in [5, 5.41) is 4.32. The second-order valence-corrected chi connectivity index (χ2v) is 5.35. The number of hydrogen-bond acceptors (Lipinski definition) is 3. The molecule has 1 heterocycles. The highest BCUT2D eigenvalue weighted by atomic mass is 35.5. The highest BCUT2D eigenvalue weighted by Gasteiger charge is 2.04. The van der Waals surface area contributed by atoms with Gasteiger partial charge in [-0.05, 0) is 18.5 Å². The maximum absolute atomic E-state index is 5.84. The minimum absolute atomic E-state index is 0.534. The zero-order valence-corrected chi connectivity index (χ0v) is 11.0. The quantitative estimate of drug-likeness (QED) is 0.858. The molecule has 2 nitrogen and oxygen atoms in total. The van der Waals surface area contributed by atoms with E-state index in [1.807, 2.05) is 0 Å². The van der Waals surface area contributed by atoms with Gasteiger partial charge in [0, 0.05) is 6.54 Å². The first-order valence-corrected chi connectivity index (χ1v) is 6.35. The lowest BCUT2D eigenvalue weighted by Gasteiger charge is -2.10. The molecule has 0 unspecified atom stereocenters. The van der Waals surface area contributed by atoms with Gasteiger partial charge in [0.05, 0.1) is 6.20 Å². The average molecular weight is 245 g/mol. The van der Waals surface area contributed by atoms with Crippen molar-refractivity contribution in [3.8, 4) is 0 Å². The van der Waals surface area contributed by atoms with Crippen LogP contribution in [0.2, 0.25) is 4.34 Å². The SMILES string of the molecule is CCNC/C(=C/c1ncc(Cl)s1)C(C)C. The lowest BCUT2D eigenvalue weighted by molar-refractivity contribution is 0.682. The van der Waals surface area contributed by atoms with Crippen LogP contribution in [-0.2, 0) is 0 Å². The molecular formula is C11H17ClN2S. The van der Waals surface area contributed by atoms with Gasteiger partial charge in [-0.25, -0.2) is 4.98 Å². The minimum atomic E-state index is 0.534. The van der Waals surface area contributed by atoms with Gasteiger partial charge in [-0.2, -0.15) is 0 Å². The molecule has 1 N–H and O–H groups in total. The van der Waals surface area contributed by atoms with E-state index in [2.05, 4.69) is 37.1 Å². The van der Waals surface area contributed by atoms with E-state index in [-0.39, 0.29) is 0 Å². The second-order valence-electron chi connectivity index (χ2n) is 3.66. The van der Waals surface area contributed by atoms with E-state index in [4.69, 9.17) is 11.6 Å². The molecule has 1 rings (SSSR count). The van der Waals surface area contributed by atoms with Gasteiger partial charge in [-0.1, -0.05) is 37.9 Å². The van der Waals surface area contributed by atoms with Crippen LogP contribution < -0.4 is 5.32 Å². The molecule has 1 aromatic rings. The van der Waals surface area contributed by atoms with E-state index < -0.39 is 0 Å². The van der Waals surface area contributed by atoms with Gasteiger partial charge >= 0.3 is 0 Å². The lowest BCUT2D eigenvalue weighted by atomic mass is 10.0. The molecular weight excluding hydrogens is 228 g/mol. The van der Waals surface area contributed by atoms with E-state index in [1.165, 1.54) is 16.9 Å². The summed E-state index contributed by atoms with van der Waals surface area (Å²) in [5.74, 6) is 0.534. The second kappa shape index (κ2) is 6.26. The van der Waals surface area contributed by atoms with Gasteiger partial charge in [0.15, 0.2) is 0 Å². The van der Waals surface area contributed by atoms with Crippen molar-refractivity contribution in [3.05, 3.63) is 21.1 Å². The van der Waals surface area contributed by atoms with Crippen LogP contribution in [0.3, 0.4) is 0 Å². The number of thiazole rings is 1. The Morgan fingerprint density at radius 3 is 2.87 bits per heavy atom. The standard InChI is InChI=1S/C11H17ClN2S/c1-4-13-6-9(8(2)3)5-11-14-7-10(12)15-11/h5,7-8,13H,4,6H2,1-3H3/b9-5-. The summed E-state index contributed by atoms with van der Waals surface area (Å²) in [6, 6.07) is 0. The molecule has 0 saturated heterocycles. The molecule has 0 aliphatic rings. The summed E-state index contributed by atoms with van der Waals surface area (Å²) in [4.78, 5) is 4.23. The smallest absolute Gasteiger partial charge is 0.117 e. The molecule has 0 saturated carbocycles. The van der Waals surface area contributed by atoms with Gasteiger partial charge in [0.25, 0.3) is 0 Å². The van der Waals surface area contributed by atoms with E-state index in [0.717, 1.165) is 22.4 Å². The first-order chi connectivity index (χ1) is 7.13. The van der Waals surface area contributed by atoms with E-state index in [9.17, 15) is 0 Å². The van der Waals surface area contributed by atoms with Crippen LogP contribution in [0.1, 0.15) is 25.8 Å². The number of likely N-dealkylation sites (N-methyl/N-ethyl adjacent to an activating group) is 1. The summed E-state index contributed by atoms with van der Waals surface area (Å²) in [6.45, 7) is 8.41. The molecule has 0 aliphatic heterocycles. The number of aromatic nitrogens is 1. The molecule has 0 aliphatic carbocycles. The monoisotopic (exact) mass is 244 g/mol. The highest BCUT2D eigenvalue weighted by Crippen LogP contribution is 2.22. The van der Waals surface area contributed by atoms with E-state index in [1.54, 1.807) is 6.20 Å². The third kappa shape index (κ3) is 4.33. The van der Waals surface area contributed by atoms with Crippen molar-refractivity contribution in [2.45, 2.75) is 20.8 Å². The molecule has 0 atom stereocenters. The largest absolute Gasteiger partial charge is 0.313 e. The molecule has 0 bridgehead atoms. The van der Waals surface area contributed by atoms with Crippen LogP contribution in [-0.4, -0.2) is 18.1 Å². The number of hydrogen-bond donors (Lipinski definition) is 1. The number of rotatable bonds is 5. The van der Waals surface area contributed by atoms with Crippen molar-refractivity contribution in [1.82, 2.24) is 10.3 Å². The molecule has 0 spiro atoms. The fourth-order valence-electron chi connectivity index (χ4n) is 1.18. The zero-order chi connectivity index (χ0) is 11.3. The van der Waals surface area contributed by atoms with Crippen molar-refractivity contribution in [1.29, 1.82) is 0 Å². The van der Waals surface area contributed by atoms with Crippen LogP contribution in [0.5, 0.6) is 0 Å². The van der Waals surface area contributed by atoms with Crippen LogP contribution in [0.25, 0.3) is 6.08 Å². The molecule has 0 radical (unpaired) electrons. The predicted octanol–water partition coefficient (Wildman–Crippen LogP) is 3.45. The van der Waals surface area contributed by atoms with Crippen molar-refractivity contribution < 1.29 is 0 Å². The molecule has 4 heteroatoms. The Morgan fingerprint density at radius 1 is 1.67 bits per heavy atom. The Hall–Kier alpha value is -0.380. The molecule has 0 aromatic carbocycles. The van der Waals surface area contributed by atoms with Gasteiger partial charge in [0.2, 0.25) is 0 Å². The third-order valence-electron chi connectivity index (χ3n) is 2.12. The first kappa shape index (κ1) is 12.7. The Balaban J connectivity index is 2.74. The van der Waals surface area contributed by atoms with Crippen molar-refractivity contribution >= 4 is 29.0 Å². The molecule has 1 aromatic heterocycles. The Kier molecular flexibility index (Phi) is 5.29. The van der Waals surface area contributed by atoms with Crippen molar-refractivity contribution in [2.75, 3.05) is 13.1 Å². The summed E-state index contributed by atoms with van der Waals surface area (Å²) >= 11 is 7.36. The summed E-state index contributed by atoms with van der Waals surface area (Å²) in [7, 11) is 0. The van der Waals surface area contributed by atoms with Gasteiger partial charge < -0.3 is 5.32 Å². The maximum Gasteiger partial charge on any atom is 0.117 e. The van der Waals surface area contributed by atoms with E-state index in [0.29, 0.717) is 5.92 Å². The average Bonchev–Trinajstić information content (AvgIpc) is 2.58. The molecule has 0 fully saturated rings. The fourth-order valence-corrected chi connectivity index (χ4v) is 2.09. The molecule has 84 valence electrons. The Labute approximate surface area is 100 Å². The zero-order valence-electron chi connectivity index (χ0n) is 9.38. The van der Waals surface area contributed by atoms with Gasteiger partial charge in [-0.3, -0.25) is 0 Å². The molecule has 0 amide bonds. The predicted molar refractivity (Wildman–Crippen MR) is 68.5 cm³/mol. The summed E-state index contributed by atoms with van der Waals surface area (Å²) in [6.07, 6.45) is 3.83. The first-order valence-electron chi connectivity index (χ1n) is 5.16. The topological polar surface area (TPSA) is 24.9 Å². The van der Waals surface area contributed by atoms with Crippen molar-refractivity contribution in [2.24, 2.45) is 5.92 Å². The summed E-state index contributed by atoms with van der Waals surface area (Å²) in [5.41, 5.74) is 1.36. The third-order valence-corrected chi connectivity index (χ3v) is 3.19. The fraction of sp³-hybridized carbons (Fsp3) is 0.545. The van der Waals surface area contributed by atoms with Crippen LogP contribution in [0.15, 0.2) is 11.8 Å². The highest BCUT2D eigenvalue weighted by molar-refractivity contribution is 7.16. The maximum atomic E-state index is 5.84. The van der Waals surface area contributed by atoms with Crippen molar-refractivity contribution in [3.63, 3.8) is 0 Å². The lowest BCUT2D eigenvalue weighted by Crippen LogP contribution is -2.18. The normalized spacial score (nSPS) is 12.5. The van der Waals surface area contributed by atoms with Crippen LogP contribution in [0, 0.1) is 5.92 Å². The molecule has 15 heavy (non-hydrogen) atoms. The van der Waals surface area contributed by atoms with Crippen LogP contribution >= 0.6 is 22.9 Å². The Morgan fingerprint density at radius 2 is 2.40 bits per heavy atom. The Bertz CT molecular complexity index is 331.